The fourth-order valence-electron chi connectivity index (χ4n) is 3.74. The van der Waals surface area contributed by atoms with E-state index in [9.17, 15) is 5.11 Å². The van der Waals surface area contributed by atoms with E-state index in [0.717, 1.165) is 35.7 Å². The Labute approximate surface area is 146 Å². The third-order valence-electron chi connectivity index (χ3n) is 4.86. The Kier molecular flexibility index (Phi) is 4.06. The summed E-state index contributed by atoms with van der Waals surface area (Å²) in [6.45, 7) is 4.16. The molecule has 0 saturated heterocycles. The molecular formula is C19H23N2O2S+. The van der Waals surface area contributed by atoms with Crippen molar-refractivity contribution in [1.82, 2.24) is 0 Å². The van der Waals surface area contributed by atoms with E-state index in [4.69, 9.17) is 4.74 Å². The minimum Gasteiger partial charge on any atom is -0.494 e. The van der Waals surface area contributed by atoms with Crippen molar-refractivity contribution in [3.8, 4) is 5.75 Å². The molecule has 0 aliphatic carbocycles. The van der Waals surface area contributed by atoms with Crippen LogP contribution in [0.15, 0.2) is 41.8 Å². The van der Waals surface area contributed by atoms with Gasteiger partial charge >= 0.3 is 0 Å². The molecule has 0 radical (unpaired) electrons. The van der Waals surface area contributed by atoms with Crippen LogP contribution in [0.5, 0.6) is 5.75 Å². The molecule has 4 rings (SSSR count). The van der Waals surface area contributed by atoms with Gasteiger partial charge in [0.25, 0.3) is 11.6 Å². The zero-order chi connectivity index (χ0) is 16.6. The number of ether oxygens (including phenoxy) is 1. The molecule has 24 heavy (non-hydrogen) atoms. The summed E-state index contributed by atoms with van der Waals surface area (Å²) in [6.07, 6.45) is 3.33. The van der Waals surface area contributed by atoms with Gasteiger partial charge in [0.1, 0.15) is 11.4 Å². The molecule has 2 aromatic rings. The Morgan fingerprint density at radius 2 is 2.08 bits per heavy atom. The lowest BCUT2D eigenvalue weighted by molar-refractivity contribution is -0.660. The Morgan fingerprint density at radius 1 is 1.25 bits per heavy atom. The van der Waals surface area contributed by atoms with Crippen LogP contribution in [0, 0.1) is 0 Å². The van der Waals surface area contributed by atoms with Gasteiger partial charge in [-0.1, -0.05) is 6.07 Å². The van der Waals surface area contributed by atoms with Crippen LogP contribution in [0.1, 0.15) is 31.1 Å². The molecule has 3 heterocycles. The average Bonchev–Trinajstić information content (AvgIpc) is 3.24. The van der Waals surface area contributed by atoms with Crippen molar-refractivity contribution in [3.63, 3.8) is 0 Å². The molecule has 2 aliphatic heterocycles. The second-order valence-corrected chi connectivity index (χ2v) is 7.28. The largest absolute Gasteiger partial charge is 0.494 e. The van der Waals surface area contributed by atoms with Crippen molar-refractivity contribution in [2.24, 2.45) is 0 Å². The fourth-order valence-corrected chi connectivity index (χ4v) is 4.56. The van der Waals surface area contributed by atoms with E-state index in [2.05, 4.69) is 21.6 Å². The van der Waals surface area contributed by atoms with Gasteiger partial charge in [-0.05, 0) is 55.5 Å². The summed E-state index contributed by atoms with van der Waals surface area (Å²) < 4.78 is 7.75. The van der Waals surface area contributed by atoms with Crippen molar-refractivity contribution >= 4 is 22.9 Å². The first-order valence-electron chi connectivity index (χ1n) is 8.62. The van der Waals surface area contributed by atoms with Crippen molar-refractivity contribution in [2.75, 3.05) is 24.6 Å². The third-order valence-corrected chi connectivity index (χ3v) is 5.87. The smallest absolute Gasteiger partial charge is 0.280 e. The monoisotopic (exact) mass is 343 g/mol. The van der Waals surface area contributed by atoms with Gasteiger partial charge in [0, 0.05) is 6.42 Å². The molecule has 0 bridgehead atoms. The first kappa shape index (κ1) is 15.7. The predicted molar refractivity (Wildman–Crippen MR) is 97.2 cm³/mol. The Morgan fingerprint density at radius 3 is 2.79 bits per heavy atom. The summed E-state index contributed by atoms with van der Waals surface area (Å²) >= 11 is 1.63. The fraction of sp³-hybridized carbons (Fsp3) is 0.421. The zero-order valence-corrected chi connectivity index (χ0v) is 14.8. The van der Waals surface area contributed by atoms with Crippen LogP contribution in [0.2, 0.25) is 0 Å². The number of anilines is 1. The summed E-state index contributed by atoms with van der Waals surface area (Å²) in [6, 6.07) is 12.2. The van der Waals surface area contributed by atoms with Crippen molar-refractivity contribution < 1.29 is 14.4 Å². The highest BCUT2D eigenvalue weighted by molar-refractivity contribution is 7.10. The molecule has 1 atom stereocenters. The molecule has 0 unspecified atom stereocenters. The molecule has 2 aliphatic rings. The SMILES string of the molecule is CCOc1ccc(N2C[C@](O)(c3cccs3)[N+]3=C2CCCC3)cc1. The first-order valence-corrected chi connectivity index (χ1v) is 9.50. The van der Waals surface area contributed by atoms with Gasteiger partial charge in [-0.25, -0.2) is 9.48 Å². The Balaban J connectivity index is 1.71. The zero-order valence-electron chi connectivity index (χ0n) is 13.9. The van der Waals surface area contributed by atoms with Gasteiger partial charge in [0.2, 0.25) is 0 Å². The molecule has 0 saturated carbocycles. The highest BCUT2D eigenvalue weighted by Crippen LogP contribution is 2.37. The number of aliphatic hydroxyl groups is 1. The maximum Gasteiger partial charge on any atom is 0.280 e. The normalized spacial score (nSPS) is 23.5. The molecule has 4 nitrogen and oxygen atoms in total. The average molecular weight is 343 g/mol. The van der Waals surface area contributed by atoms with E-state index < -0.39 is 5.72 Å². The van der Waals surface area contributed by atoms with Gasteiger partial charge in [-0.3, -0.25) is 0 Å². The standard InChI is InChI=1S/C19H23N2O2S/c1-2-23-16-10-8-15(9-11-16)20-14-19(22,17-6-5-13-24-17)21-12-4-3-7-18(20)21/h5-6,8-11,13,22H,2-4,7,12,14H2,1H3/q+1/t19-/m0/s1. The van der Waals surface area contributed by atoms with E-state index in [-0.39, 0.29) is 0 Å². The molecule has 1 aromatic carbocycles. The van der Waals surface area contributed by atoms with Gasteiger partial charge < -0.3 is 9.84 Å². The maximum absolute atomic E-state index is 11.5. The van der Waals surface area contributed by atoms with E-state index in [1.165, 1.54) is 12.3 Å². The van der Waals surface area contributed by atoms with Crippen LogP contribution < -0.4 is 9.64 Å². The number of rotatable bonds is 4. The second-order valence-electron chi connectivity index (χ2n) is 6.33. The van der Waals surface area contributed by atoms with Crippen LogP contribution in [-0.2, 0) is 5.72 Å². The summed E-state index contributed by atoms with van der Waals surface area (Å²) in [5, 5.41) is 13.5. The third kappa shape index (κ3) is 2.52. The number of benzene rings is 1. The number of hydrogen-bond donors (Lipinski definition) is 1. The molecular weight excluding hydrogens is 320 g/mol. The topological polar surface area (TPSA) is 35.7 Å². The minimum atomic E-state index is -0.914. The second kappa shape index (κ2) is 6.22. The van der Waals surface area contributed by atoms with Crippen LogP contribution in [0.3, 0.4) is 0 Å². The summed E-state index contributed by atoms with van der Waals surface area (Å²) in [4.78, 5) is 3.30. The van der Waals surface area contributed by atoms with Crippen molar-refractivity contribution in [1.29, 1.82) is 0 Å². The molecule has 0 amide bonds. The molecule has 0 spiro atoms. The van der Waals surface area contributed by atoms with Crippen molar-refractivity contribution in [2.45, 2.75) is 31.9 Å². The summed E-state index contributed by atoms with van der Waals surface area (Å²) in [7, 11) is 0. The molecule has 1 aromatic heterocycles. The molecule has 126 valence electrons. The number of nitrogens with zero attached hydrogens (tertiary/aromatic N) is 2. The minimum absolute atomic E-state index is 0.580. The highest BCUT2D eigenvalue weighted by Gasteiger charge is 2.53. The Bertz CT molecular complexity index is 739. The number of hydrogen-bond acceptors (Lipinski definition) is 4. The lowest BCUT2D eigenvalue weighted by Crippen LogP contribution is -2.40. The van der Waals surface area contributed by atoms with E-state index in [0.29, 0.717) is 13.2 Å². The van der Waals surface area contributed by atoms with Crippen LogP contribution in [0.4, 0.5) is 5.69 Å². The van der Waals surface area contributed by atoms with Gasteiger partial charge in [0.05, 0.1) is 18.0 Å². The molecule has 5 heteroatoms. The van der Waals surface area contributed by atoms with E-state index in [1.807, 2.05) is 36.6 Å². The van der Waals surface area contributed by atoms with E-state index >= 15 is 0 Å². The lowest BCUT2D eigenvalue weighted by Gasteiger charge is -2.22. The molecule has 0 fully saturated rings. The van der Waals surface area contributed by atoms with Gasteiger partial charge in [-0.2, -0.15) is 0 Å². The number of β-amino-alcohol motifs (C(OH)–C–C–N with tert-alkyl or cyclic N) is 1. The quantitative estimate of drug-likeness (QED) is 0.864. The van der Waals surface area contributed by atoms with Gasteiger partial charge in [0.15, 0.2) is 6.54 Å². The summed E-state index contributed by atoms with van der Waals surface area (Å²) in [5.41, 5.74) is 0.204. The highest BCUT2D eigenvalue weighted by atomic mass is 32.1. The van der Waals surface area contributed by atoms with Crippen LogP contribution in [0.25, 0.3) is 0 Å². The van der Waals surface area contributed by atoms with Crippen molar-refractivity contribution in [3.05, 3.63) is 46.7 Å². The van der Waals surface area contributed by atoms with E-state index in [1.54, 1.807) is 11.3 Å². The molecule has 1 N–H and O–H groups in total. The van der Waals surface area contributed by atoms with Crippen LogP contribution in [-0.4, -0.2) is 35.2 Å². The lowest BCUT2D eigenvalue weighted by atomic mass is 10.1. The van der Waals surface area contributed by atoms with Crippen LogP contribution >= 0.6 is 11.3 Å². The maximum atomic E-state index is 11.5. The number of amidine groups is 1. The Hall–Kier alpha value is -1.85. The number of thiophene rings is 1. The predicted octanol–water partition coefficient (Wildman–Crippen LogP) is 3.41. The first-order chi connectivity index (χ1) is 11.7. The van der Waals surface area contributed by atoms with Gasteiger partial charge in [-0.15, -0.1) is 11.3 Å². The summed E-state index contributed by atoms with van der Waals surface area (Å²) in [5.74, 6) is 2.13.